The lowest BCUT2D eigenvalue weighted by Crippen LogP contribution is -2.55. The third-order valence-electron chi connectivity index (χ3n) is 5.94. The van der Waals surface area contributed by atoms with Crippen LogP contribution < -0.4 is 5.73 Å². The van der Waals surface area contributed by atoms with Crippen molar-refractivity contribution in [2.24, 2.45) is 35.3 Å². The highest BCUT2D eigenvalue weighted by Crippen LogP contribution is 2.63. The highest BCUT2D eigenvalue weighted by atomic mass is 16.5. The van der Waals surface area contributed by atoms with E-state index in [1.807, 2.05) is 0 Å². The summed E-state index contributed by atoms with van der Waals surface area (Å²) in [5.74, 6) is 4.27. The number of hydrogen-bond acceptors (Lipinski definition) is 2. The standard InChI is InChI=1S/C14H25NO/c1-9(8-16-2)14(15)7-10-6-13(14)12-5-3-4-11(10)12/h9-13H,3-8,15H2,1-2H3. The Labute approximate surface area is 98.9 Å². The molecule has 6 unspecified atom stereocenters. The van der Waals surface area contributed by atoms with Crippen molar-refractivity contribution in [3.8, 4) is 0 Å². The fourth-order valence-electron chi connectivity index (χ4n) is 5.21. The lowest BCUT2D eigenvalue weighted by molar-refractivity contribution is 0.0555. The summed E-state index contributed by atoms with van der Waals surface area (Å²) >= 11 is 0. The first kappa shape index (κ1) is 11.0. The first-order chi connectivity index (χ1) is 7.66. The zero-order chi connectivity index (χ0) is 11.3. The zero-order valence-corrected chi connectivity index (χ0v) is 10.6. The minimum atomic E-state index is 0.0895. The molecule has 0 aromatic heterocycles. The van der Waals surface area contributed by atoms with Crippen molar-refractivity contribution >= 4 is 0 Å². The maximum Gasteiger partial charge on any atom is 0.0505 e. The van der Waals surface area contributed by atoms with Crippen LogP contribution in [-0.2, 0) is 4.74 Å². The van der Waals surface area contributed by atoms with Crippen LogP contribution in [0.25, 0.3) is 0 Å². The summed E-state index contributed by atoms with van der Waals surface area (Å²) in [5.41, 5.74) is 6.84. The maximum absolute atomic E-state index is 6.75. The molecule has 0 spiro atoms. The largest absolute Gasteiger partial charge is 0.384 e. The van der Waals surface area contributed by atoms with Crippen molar-refractivity contribution in [3.05, 3.63) is 0 Å². The number of rotatable bonds is 3. The Balaban J connectivity index is 1.79. The Hall–Kier alpha value is -0.0800. The molecule has 3 aliphatic rings. The van der Waals surface area contributed by atoms with Crippen molar-refractivity contribution < 1.29 is 4.74 Å². The van der Waals surface area contributed by atoms with Gasteiger partial charge in [-0.25, -0.2) is 0 Å². The fourth-order valence-corrected chi connectivity index (χ4v) is 5.21. The van der Waals surface area contributed by atoms with Crippen LogP contribution in [-0.4, -0.2) is 19.3 Å². The molecule has 6 atom stereocenters. The monoisotopic (exact) mass is 223 g/mol. The van der Waals surface area contributed by atoms with Crippen LogP contribution in [0.15, 0.2) is 0 Å². The van der Waals surface area contributed by atoms with Crippen LogP contribution in [0.1, 0.15) is 39.0 Å². The second-order valence-electron chi connectivity index (χ2n) is 6.53. The molecular formula is C14H25NO. The normalized spacial score (nSPS) is 51.9. The zero-order valence-electron chi connectivity index (χ0n) is 10.6. The molecule has 3 aliphatic carbocycles. The van der Waals surface area contributed by atoms with Gasteiger partial charge in [0.05, 0.1) is 6.61 Å². The quantitative estimate of drug-likeness (QED) is 0.797. The second-order valence-corrected chi connectivity index (χ2v) is 6.53. The van der Waals surface area contributed by atoms with Crippen LogP contribution in [0.3, 0.4) is 0 Å². The Morgan fingerprint density at radius 2 is 2.12 bits per heavy atom. The average molecular weight is 223 g/mol. The topological polar surface area (TPSA) is 35.2 Å². The summed E-state index contributed by atoms with van der Waals surface area (Å²) in [6, 6.07) is 0. The summed E-state index contributed by atoms with van der Waals surface area (Å²) in [7, 11) is 1.80. The van der Waals surface area contributed by atoms with Gasteiger partial charge in [-0.15, -0.1) is 0 Å². The highest BCUT2D eigenvalue weighted by Gasteiger charge is 2.60. The number of ether oxygens (including phenoxy) is 1. The smallest absolute Gasteiger partial charge is 0.0505 e. The molecule has 0 amide bonds. The Bertz CT molecular complexity index is 280. The SMILES string of the molecule is COCC(C)C1(N)CC2CC1C1CCCC21. The molecule has 92 valence electrons. The molecule has 0 radical (unpaired) electrons. The lowest BCUT2D eigenvalue weighted by Gasteiger charge is -2.44. The number of methoxy groups -OCH3 is 1. The molecule has 0 aliphatic heterocycles. The molecule has 3 rings (SSSR count). The van der Waals surface area contributed by atoms with Gasteiger partial charge in [-0.2, -0.15) is 0 Å². The minimum Gasteiger partial charge on any atom is -0.384 e. The van der Waals surface area contributed by atoms with Gasteiger partial charge in [-0.3, -0.25) is 0 Å². The summed E-state index contributed by atoms with van der Waals surface area (Å²) in [6.45, 7) is 3.12. The Morgan fingerprint density at radius 1 is 1.38 bits per heavy atom. The molecule has 0 heterocycles. The van der Waals surface area contributed by atoms with E-state index in [4.69, 9.17) is 10.5 Å². The molecule has 0 aromatic rings. The van der Waals surface area contributed by atoms with Crippen molar-refractivity contribution in [2.45, 2.75) is 44.6 Å². The molecule has 2 nitrogen and oxygen atoms in total. The third kappa shape index (κ3) is 1.32. The number of nitrogens with two attached hydrogens (primary N) is 1. The molecule has 2 bridgehead atoms. The van der Waals surface area contributed by atoms with E-state index in [-0.39, 0.29) is 5.54 Å². The third-order valence-corrected chi connectivity index (χ3v) is 5.94. The van der Waals surface area contributed by atoms with E-state index >= 15 is 0 Å². The molecule has 0 aromatic carbocycles. The molecule has 2 N–H and O–H groups in total. The summed E-state index contributed by atoms with van der Waals surface area (Å²) in [5, 5.41) is 0. The minimum absolute atomic E-state index is 0.0895. The lowest BCUT2D eigenvalue weighted by atomic mass is 9.66. The van der Waals surface area contributed by atoms with Crippen molar-refractivity contribution in [1.29, 1.82) is 0 Å². The van der Waals surface area contributed by atoms with Gasteiger partial charge in [-0.1, -0.05) is 13.3 Å². The first-order valence-corrected chi connectivity index (χ1v) is 6.94. The van der Waals surface area contributed by atoms with Gasteiger partial charge in [0.2, 0.25) is 0 Å². The van der Waals surface area contributed by atoms with Crippen LogP contribution in [0.4, 0.5) is 0 Å². The Morgan fingerprint density at radius 3 is 2.88 bits per heavy atom. The second kappa shape index (κ2) is 3.71. The highest BCUT2D eigenvalue weighted by molar-refractivity contribution is 5.13. The molecule has 3 fully saturated rings. The van der Waals surface area contributed by atoms with E-state index in [1.54, 1.807) is 7.11 Å². The predicted molar refractivity (Wildman–Crippen MR) is 65.0 cm³/mol. The van der Waals surface area contributed by atoms with Gasteiger partial charge in [0.25, 0.3) is 0 Å². The van der Waals surface area contributed by atoms with Gasteiger partial charge >= 0.3 is 0 Å². The van der Waals surface area contributed by atoms with Gasteiger partial charge in [-0.05, 0) is 55.3 Å². The summed E-state index contributed by atoms with van der Waals surface area (Å²) < 4.78 is 5.32. The van der Waals surface area contributed by atoms with E-state index in [1.165, 1.54) is 32.1 Å². The number of hydrogen-bond donors (Lipinski definition) is 1. The maximum atomic E-state index is 6.75. The van der Waals surface area contributed by atoms with Crippen LogP contribution in [0.2, 0.25) is 0 Å². The summed E-state index contributed by atoms with van der Waals surface area (Å²) in [6.07, 6.45) is 7.07. The fraction of sp³-hybridized carbons (Fsp3) is 1.00. The van der Waals surface area contributed by atoms with Crippen LogP contribution in [0, 0.1) is 29.6 Å². The molecule has 0 saturated heterocycles. The van der Waals surface area contributed by atoms with Gasteiger partial charge < -0.3 is 10.5 Å². The van der Waals surface area contributed by atoms with Crippen LogP contribution >= 0.6 is 0 Å². The first-order valence-electron chi connectivity index (χ1n) is 6.94. The van der Waals surface area contributed by atoms with Crippen molar-refractivity contribution in [3.63, 3.8) is 0 Å². The molecule has 3 saturated carbocycles. The van der Waals surface area contributed by atoms with Gasteiger partial charge in [0.1, 0.15) is 0 Å². The molecule has 16 heavy (non-hydrogen) atoms. The average Bonchev–Trinajstić information content (AvgIpc) is 2.87. The van der Waals surface area contributed by atoms with E-state index in [2.05, 4.69) is 6.92 Å². The van der Waals surface area contributed by atoms with Crippen molar-refractivity contribution in [1.82, 2.24) is 0 Å². The summed E-state index contributed by atoms with van der Waals surface area (Å²) in [4.78, 5) is 0. The van der Waals surface area contributed by atoms with E-state index in [0.29, 0.717) is 5.92 Å². The Kier molecular flexibility index (Phi) is 2.56. The van der Waals surface area contributed by atoms with E-state index < -0.39 is 0 Å². The number of fused-ring (bicyclic) bond motifs is 5. The van der Waals surface area contributed by atoms with E-state index in [9.17, 15) is 0 Å². The van der Waals surface area contributed by atoms with Gasteiger partial charge in [0.15, 0.2) is 0 Å². The van der Waals surface area contributed by atoms with Crippen LogP contribution in [0.5, 0.6) is 0 Å². The predicted octanol–water partition coefficient (Wildman–Crippen LogP) is 2.42. The molecular weight excluding hydrogens is 198 g/mol. The van der Waals surface area contributed by atoms with Crippen molar-refractivity contribution in [2.75, 3.05) is 13.7 Å². The molecule has 2 heteroatoms. The van der Waals surface area contributed by atoms with E-state index in [0.717, 1.165) is 30.3 Å². The van der Waals surface area contributed by atoms with Gasteiger partial charge in [0, 0.05) is 12.6 Å².